The zero-order valence-electron chi connectivity index (χ0n) is 45.7. The Balaban J connectivity index is 1.39. The summed E-state index contributed by atoms with van der Waals surface area (Å²) in [6.07, 6.45) is -4.49. The molecule has 5 rings (SSSR count). The number of benzene rings is 1. The maximum Gasteiger partial charge on any atom is 0.311 e. The minimum Gasteiger partial charge on any atom is -0.459 e. The molecule has 1 aromatic carbocycles. The molecule has 18 atom stereocenters. The molecule has 0 unspecified atom stereocenters. The van der Waals surface area contributed by atoms with Crippen LogP contribution in [-0.2, 0) is 42.7 Å². The average molecular weight is 1020 g/mol. The van der Waals surface area contributed by atoms with Crippen LogP contribution >= 0.6 is 0 Å². The number of para-hydroxylation sites is 1. The Hall–Kier alpha value is -3.11. The van der Waals surface area contributed by atoms with Gasteiger partial charge in [0.1, 0.15) is 30.0 Å². The third kappa shape index (κ3) is 14.8. The summed E-state index contributed by atoms with van der Waals surface area (Å²) in [4.78, 5) is 35.9. The standard InChI is InChI=1S/C54H91N5O13/c1-15-42-54(10,65)47(61)36(6)59(13)31-32(2)29-52(8,64)49(34(4)45(35(5)50(63)70-42)71-44-30-53(9,66-14)48(62)37(7)69-44)72-51-46(41(58(11)12)28-33(3)68-51)67-27-19-25-57-43(60)22-18-24-55-40-23-26-56-39-21-17-16-20-38(39)40/h16-17,20-21,23,26,32-37,41-42,44-49,51,61-62,64-65H,15,18-19,22,24-25,27-31H2,1-14H3,(H,55,56)(H,57,60)/t32-,33-,34+,35-,36-,37+,41+,42-,44+,45+,46-,47-,48+,49-,51+,52-,53-,54-/m1/s1. The number of carbonyl (C=O) groups excluding carboxylic acids is 2. The molecule has 410 valence electrons. The quantitative estimate of drug-likeness (QED) is 0.0919. The van der Waals surface area contributed by atoms with Gasteiger partial charge >= 0.3 is 5.97 Å². The SMILES string of the molecule is CC[C@H]1OC(=O)[C@H](C)[C@@H](O[C@H]2C[C@@](C)(OC)[C@@H](O)[C@H](C)O2)[C@H](C)[C@@H](O[C@@H]2O[C@H](C)C[C@H](N(C)C)[C@H]2OCCCNC(=O)CCCNc2ccnc3ccccc23)[C@](C)(O)C[C@@H](C)CN(C)[C@H](C)[C@@H](O)[C@]1(C)O. The number of rotatable bonds is 17. The largest absolute Gasteiger partial charge is 0.459 e. The minimum atomic E-state index is -1.83. The summed E-state index contributed by atoms with van der Waals surface area (Å²) >= 11 is 0. The van der Waals surface area contributed by atoms with Crippen molar-refractivity contribution in [1.29, 1.82) is 0 Å². The van der Waals surface area contributed by atoms with Gasteiger partial charge in [0.2, 0.25) is 5.91 Å². The number of amides is 1. The van der Waals surface area contributed by atoms with E-state index in [4.69, 9.17) is 33.2 Å². The lowest BCUT2D eigenvalue weighted by Crippen LogP contribution is -2.61. The second kappa shape index (κ2) is 26.1. The van der Waals surface area contributed by atoms with Gasteiger partial charge in [-0.3, -0.25) is 14.6 Å². The predicted molar refractivity (Wildman–Crippen MR) is 275 cm³/mol. The number of esters is 1. The number of cyclic esters (lactones) is 1. The van der Waals surface area contributed by atoms with Crippen molar-refractivity contribution >= 4 is 28.5 Å². The van der Waals surface area contributed by atoms with Crippen molar-refractivity contribution in [1.82, 2.24) is 20.1 Å². The molecule has 0 aliphatic carbocycles. The number of hydrogen-bond acceptors (Lipinski definition) is 17. The number of fused-ring (bicyclic) bond motifs is 1. The van der Waals surface area contributed by atoms with Gasteiger partial charge in [-0.1, -0.05) is 39.0 Å². The van der Waals surface area contributed by atoms with Gasteiger partial charge in [0.15, 0.2) is 12.6 Å². The number of hydrogen-bond donors (Lipinski definition) is 6. The number of pyridine rings is 1. The number of anilines is 1. The van der Waals surface area contributed by atoms with Crippen molar-refractivity contribution in [3.63, 3.8) is 0 Å². The van der Waals surface area contributed by atoms with E-state index < -0.39 is 96.0 Å². The van der Waals surface area contributed by atoms with Gasteiger partial charge in [-0.05, 0) is 120 Å². The number of nitrogens with one attached hydrogen (secondary N) is 2. The number of ether oxygens (including phenoxy) is 7. The van der Waals surface area contributed by atoms with Crippen LogP contribution in [0.15, 0.2) is 36.5 Å². The van der Waals surface area contributed by atoms with Gasteiger partial charge in [-0.2, -0.15) is 0 Å². The molecule has 4 heterocycles. The summed E-state index contributed by atoms with van der Waals surface area (Å²) in [5, 5.41) is 55.2. The van der Waals surface area contributed by atoms with Crippen LogP contribution in [0.3, 0.4) is 0 Å². The first-order chi connectivity index (χ1) is 33.8. The van der Waals surface area contributed by atoms with Gasteiger partial charge in [0.05, 0.1) is 47.1 Å². The highest BCUT2D eigenvalue weighted by Gasteiger charge is 2.53. The molecule has 1 amide bonds. The molecule has 0 saturated carbocycles. The molecule has 3 saturated heterocycles. The first kappa shape index (κ1) is 59.8. The van der Waals surface area contributed by atoms with Crippen LogP contribution in [0, 0.1) is 17.8 Å². The Bertz CT molecular complexity index is 2010. The van der Waals surface area contributed by atoms with Crippen molar-refractivity contribution in [2.75, 3.05) is 59.8 Å². The van der Waals surface area contributed by atoms with E-state index in [0.717, 1.165) is 16.6 Å². The Morgan fingerprint density at radius 2 is 1.65 bits per heavy atom. The number of methoxy groups -OCH3 is 1. The fourth-order valence-electron chi connectivity index (χ4n) is 11.2. The Morgan fingerprint density at radius 1 is 0.944 bits per heavy atom. The molecule has 1 aromatic heterocycles. The topological polar surface area (TPSA) is 223 Å². The van der Waals surface area contributed by atoms with E-state index in [1.807, 2.05) is 84.1 Å². The Morgan fingerprint density at radius 3 is 2.33 bits per heavy atom. The zero-order chi connectivity index (χ0) is 53.3. The summed E-state index contributed by atoms with van der Waals surface area (Å²) in [5.41, 5.74) is -2.57. The Labute approximate surface area is 429 Å². The average Bonchev–Trinajstić information content (AvgIpc) is 3.33. The highest BCUT2D eigenvalue weighted by molar-refractivity contribution is 5.90. The van der Waals surface area contributed by atoms with Crippen LogP contribution in [0.1, 0.15) is 114 Å². The molecule has 3 aliphatic rings. The molecule has 0 spiro atoms. The third-order valence-electron chi connectivity index (χ3n) is 15.7. The molecule has 0 radical (unpaired) electrons. The summed E-state index contributed by atoms with van der Waals surface area (Å²) in [6, 6.07) is 9.16. The maximum absolute atomic E-state index is 14.6. The van der Waals surface area contributed by atoms with Crippen LogP contribution in [0.5, 0.6) is 0 Å². The third-order valence-corrected chi connectivity index (χ3v) is 15.7. The van der Waals surface area contributed by atoms with Gasteiger partial charge in [0.25, 0.3) is 0 Å². The number of nitrogens with zero attached hydrogens (tertiary/aromatic N) is 3. The van der Waals surface area contributed by atoms with Crippen LogP contribution < -0.4 is 10.6 Å². The number of aliphatic hydroxyl groups is 4. The van der Waals surface area contributed by atoms with Crippen molar-refractivity contribution in [2.24, 2.45) is 17.8 Å². The van der Waals surface area contributed by atoms with Crippen molar-refractivity contribution in [3.05, 3.63) is 36.5 Å². The summed E-state index contributed by atoms with van der Waals surface area (Å²) < 4.78 is 45.6. The van der Waals surface area contributed by atoms with Crippen LogP contribution in [-0.4, -0.2) is 192 Å². The highest BCUT2D eigenvalue weighted by atomic mass is 16.7. The lowest BCUT2D eigenvalue weighted by atomic mass is 9.77. The van der Waals surface area contributed by atoms with E-state index >= 15 is 0 Å². The van der Waals surface area contributed by atoms with E-state index in [-0.39, 0.29) is 49.8 Å². The smallest absolute Gasteiger partial charge is 0.311 e. The second-order valence-electron chi connectivity index (χ2n) is 22.1. The lowest BCUT2D eigenvalue weighted by molar-refractivity contribution is -0.321. The van der Waals surface area contributed by atoms with Crippen LogP contribution in [0.25, 0.3) is 10.9 Å². The van der Waals surface area contributed by atoms with Gasteiger partial charge < -0.3 is 74.0 Å². The van der Waals surface area contributed by atoms with Crippen LogP contribution in [0.2, 0.25) is 0 Å². The molecule has 0 bridgehead atoms. The number of aliphatic hydroxyl groups excluding tert-OH is 2. The fraction of sp³-hybridized carbons (Fsp3) is 0.796. The van der Waals surface area contributed by atoms with Crippen molar-refractivity contribution < 1.29 is 63.2 Å². The van der Waals surface area contributed by atoms with Gasteiger partial charge in [0, 0.05) is 81.5 Å². The van der Waals surface area contributed by atoms with E-state index in [0.29, 0.717) is 45.3 Å². The van der Waals surface area contributed by atoms with E-state index in [1.54, 1.807) is 40.8 Å². The number of likely N-dealkylation sites (N-methyl/N-ethyl adjacent to an activating group) is 2. The van der Waals surface area contributed by atoms with E-state index in [9.17, 15) is 30.0 Å². The molecular formula is C54H91N5O13. The lowest BCUT2D eigenvalue weighted by Gasteiger charge is -2.49. The summed E-state index contributed by atoms with van der Waals surface area (Å²) in [5.74, 6) is -2.71. The fourth-order valence-corrected chi connectivity index (χ4v) is 11.2. The maximum atomic E-state index is 14.6. The molecule has 3 aliphatic heterocycles. The second-order valence-corrected chi connectivity index (χ2v) is 22.1. The van der Waals surface area contributed by atoms with E-state index in [2.05, 4.69) is 20.5 Å². The Kier molecular flexibility index (Phi) is 21.7. The first-order valence-corrected chi connectivity index (χ1v) is 26.4. The molecule has 18 nitrogen and oxygen atoms in total. The first-order valence-electron chi connectivity index (χ1n) is 26.4. The molecular weight excluding hydrogens is 927 g/mol. The van der Waals surface area contributed by atoms with Crippen molar-refractivity contribution in [2.45, 2.75) is 204 Å². The van der Waals surface area contributed by atoms with Crippen molar-refractivity contribution in [3.8, 4) is 0 Å². The van der Waals surface area contributed by atoms with Crippen LogP contribution in [0.4, 0.5) is 5.69 Å². The molecule has 18 heteroatoms. The predicted octanol–water partition coefficient (Wildman–Crippen LogP) is 4.87. The zero-order valence-corrected chi connectivity index (χ0v) is 45.7. The minimum absolute atomic E-state index is 0.0492. The monoisotopic (exact) mass is 1020 g/mol. The van der Waals surface area contributed by atoms with Gasteiger partial charge in [-0.25, -0.2) is 0 Å². The number of carbonyl (C=O) groups is 2. The molecule has 3 fully saturated rings. The number of aromatic nitrogens is 1. The summed E-state index contributed by atoms with van der Waals surface area (Å²) in [6.45, 7) is 19.6. The molecule has 72 heavy (non-hydrogen) atoms. The highest BCUT2D eigenvalue weighted by Crippen LogP contribution is 2.40. The normalized spacial score (nSPS) is 39.0. The molecule has 2 aromatic rings. The van der Waals surface area contributed by atoms with Gasteiger partial charge in [-0.15, -0.1) is 0 Å². The molecule has 6 N–H and O–H groups in total. The summed E-state index contributed by atoms with van der Waals surface area (Å²) in [7, 11) is 7.34. The van der Waals surface area contributed by atoms with E-state index in [1.165, 1.54) is 14.0 Å².